The number of rotatable bonds is 3. The standard InChI is InChI=1S/C18H19ClFNO2/c1-23-18(22)17-11-4-2-10(3-5-11)14(17)6-12-7-15(19)13(9-21)8-16(12)20/h7-8,10-11,14,17H,2-6H2,1H3/t10?,11?,14?,17-/m0/s1. The van der Waals surface area contributed by atoms with Gasteiger partial charge in [0, 0.05) is 0 Å². The number of methoxy groups -OCH3 is 1. The molecule has 0 radical (unpaired) electrons. The molecule has 1 aromatic carbocycles. The van der Waals surface area contributed by atoms with Crippen LogP contribution in [0.2, 0.25) is 5.02 Å². The Kier molecular flexibility index (Phi) is 4.59. The molecule has 0 aromatic heterocycles. The number of nitriles is 1. The molecular formula is C18H19ClFNO2. The van der Waals surface area contributed by atoms with Crippen LogP contribution in [0.5, 0.6) is 0 Å². The van der Waals surface area contributed by atoms with Crippen molar-refractivity contribution < 1.29 is 13.9 Å². The fraction of sp³-hybridized carbons (Fsp3) is 0.556. The first-order chi connectivity index (χ1) is 11.0. The number of halogens is 2. The van der Waals surface area contributed by atoms with Gasteiger partial charge in [0.2, 0.25) is 0 Å². The molecule has 0 amide bonds. The second-order valence-electron chi connectivity index (χ2n) is 6.63. The highest BCUT2D eigenvalue weighted by Crippen LogP contribution is 2.50. The molecule has 0 saturated heterocycles. The number of carbonyl (C=O) groups is 1. The van der Waals surface area contributed by atoms with Crippen LogP contribution in [0.3, 0.4) is 0 Å². The highest BCUT2D eigenvalue weighted by molar-refractivity contribution is 6.31. The Morgan fingerprint density at radius 1 is 1.35 bits per heavy atom. The van der Waals surface area contributed by atoms with Crippen molar-refractivity contribution in [1.29, 1.82) is 5.26 Å². The largest absolute Gasteiger partial charge is 0.469 e. The molecule has 1 aromatic rings. The predicted octanol–water partition coefficient (Wildman–Crippen LogP) is 4.12. The maximum Gasteiger partial charge on any atom is 0.309 e. The monoisotopic (exact) mass is 335 g/mol. The molecule has 23 heavy (non-hydrogen) atoms. The van der Waals surface area contributed by atoms with Crippen LogP contribution in [0.1, 0.15) is 36.8 Å². The second kappa shape index (κ2) is 6.49. The fourth-order valence-electron chi connectivity index (χ4n) is 4.46. The van der Waals surface area contributed by atoms with Crippen LogP contribution in [0.15, 0.2) is 12.1 Å². The fourth-order valence-corrected chi connectivity index (χ4v) is 4.68. The third-order valence-electron chi connectivity index (χ3n) is 5.58. The summed E-state index contributed by atoms with van der Waals surface area (Å²) in [5.74, 6) is 0.114. The lowest BCUT2D eigenvalue weighted by Crippen LogP contribution is -2.45. The van der Waals surface area contributed by atoms with E-state index in [-0.39, 0.29) is 28.4 Å². The molecule has 122 valence electrons. The Morgan fingerprint density at radius 2 is 2.00 bits per heavy atom. The van der Waals surface area contributed by atoms with Crippen molar-refractivity contribution in [1.82, 2.24) is 0 Å². The zero-order valence-electron chi connectivity index (χ0n) is 13.0. The van der Waals surface area contributed by atoms with Gasteiger partial charge in [-0.05, 0) is 67.6 Å². The molecule has 3 fully saturated rings. The van der Waals surface area contributed by atoms with E-state index >= 15 is 0 Å². The van der Waals surface area contributed by atoms with Gasteiger partial charge in [-0.2, -0.15) is 5.26 Å². The van der Waals surface area contributed by atoms with E-state index < -0.39 is 5.82 Å². The molecular weight excluding hydrogens is 317 g/mol. The lowest BCUT2D eigenvalue weighted by Gasteiger charge is -2.47. The van der Waals surface area contributed by atoms with Gasteiger partial charge in [0.15, 0.2) is 0 Å². The van der Waals surface area contributed by atoms with E-state index in [1.807, 2.05) is 6.07 Å². The molecule has 1 unspecified atom stereocenters. The van der Waals surface area contributed by atoms with E-state index in [2.05, 4.69) is 0 Å². The normalized spacial score (nSPS) is 29.1. The van der Waals surface area contributed by atoms with Crippen molar-refractivity contribution in [2.24, 2.45) is 23.7 Å². The maximum atomic E-state index is 14.3. The summed E-state index contributed by atoms with van der Waals surface area (Å²) in [7, 11) is 1.42. The lowest BCUT2D eigenvalue weighted by atomic mass is 9.57. The van der Waals surface area contributed by atoms with Crippen molar-refractivity contribution in [3.05, 3.63) is 34.1 Å². The number of benzene rings is 1. The Morgan fingerprint density at radius 3 is 2.61 bits per heavy atom. The molecule has 2 atom stereocenters. The van der Waals surface area contributed by atoms with Crippen LogP contribution < -0.4 is 0 Å². The highest BCUT2D eigenvalue weighted by atomic mass is 35.5. The molecule has 3 aliphatic carbocycles. The average molecular weight is 336 g/mol. The van der Waals surface area contributed by atoms with Gasteiger partial charge in [-0.25, -0.2) is 4.39 Å². The molecule has 2 bridgehead atoms. The molecule has 3 nitrogen and oxygen atoms in total. The third kappa shape index (κ3) is 2.95. The van der Waals surface area contributed by atoms with Gasteiger partial charge in [0.1, 0.15) is 11.9 Å². The summed E-state index contributed by atoms with van der Waals surface area (Å²) in [6.45, 7) is 0. The van der Waals surface area contributed by atoms with E-state index in [9.17, 15) is 9.18 Å². The smallest absolute Gasteiger partial charge is 0.309 e. The van der Waals surface area contributed by atoms with E-state index in [1.165, 1.54) is 19.2 Å². The lowest BCUT2D eigenvalue weighted by molar-refractivity contribution is -0.156. The first-order valence-electron chi connectivity index (χ1n) is 8.01. The Labute approximate surface area is 140 Å². The van der Waals surface area contributed by atoms with Crippen molar-refractivity contribution in [3.63, 3.8) is 0 Å². The van der Waals surface area contributed by atoms with Gasteiger partial charge in [0.25, 0.3) is 0 Å². The predicted molar refractivity (Wildman–Crippen MR) is 84.3 cm³/mol. The van der Waals surface area contributed by atoms with Crippen molar-refractivity contribution >= 4 is 17.6 Å². The molecule has 3 saturated carbocycles. The summed E-state index contributed by atoms with van der Waals surface area (Å²) < 4.78 is 19.3. The maximum absolute atomic E-state index is 14.3. The SMILES string of the molecule is COC(=O)[C@H]1C2CCC(CC2)C1Cc1cc(Cl)c(C#N)cc1F. The topological polar surface area (TPSA) is 50.1 Å². The van der Waals surface area contributed by atoms with Crippen LogP contribution in [0.4, 0.5) is 4.39 Å². The second-order valence-corrected chi connectivity index (χ2v) is 7.03. The van der Waals surface area contributed by atoms with Gasteiger partial charge in [-0.3, -0.25) is 4.79 Å². The molecule has 5 heteroatoms. The quantitative estimate of drug-likeness (QED) is 0.781. The van der Waals surface area contributed by atoms with E-state index in [4.69, 9.17) is 21.6 Å². The zero-order chi connectivity index (χ0) is 16.6. The van der Waals surface area contributed by atoms with Gasteiger partial charge < -0.3 is 4.74 Å². The van der Waals surface area contributed by atoms with Gasteiger partial charge in [0.05, 0.1) is 23.6 Å². The number of fused-ring (bicyclic) bond motifs is 3. The van der Waals surface area contributed by atoms with E-state index in [0.717, 1.165) is 25.7 Å². The summed E-state index contributed by atoms with van der Waals surface area (Å²) in [6.07, 6.45) is 4.76. The van der Waals surface area contributed by atoms with Crippen molar-refractivity contribution in [2.45, 2.75) is 32.1 Å². The molecule has 0 N–H and O–H groups in total. The van der Waals surface area contributed by atoms with Crippen LogP contribution in [-0.4, -0.2) is 13.1 Å². The number of esters is 1. The van der Waals surface area contributed by atoms with Gasteiger partial charge in [-0.15, -0.1) is 0 Å². The summed E-state index contributed by atoms with van der Waals surface area (Å²) in [6, 6.07) is 4.60. The number of ether oxygens (including phenoxy) is 1. The number of carbonyl (C=O) groups excluding carboxylic acids is 1. The number of nitrogens with zero attached hydrogens (tertiary/aromatic N) is 1. The zero-order valence-corrected chi connectivity index (χ0v) is 13.8. The molecule has 0 spiro atoms. The summed E-state index contributed by atoms with van der Waals surface area (Å²) in [5.41, 5.74) is 0.628. The van der Waals surface area contributed by atoms with E-state index in [1.54, 1.807) is 0 Å². The van der Waals surface area contributed by atoms with Gasteiger partial charge in [-0.1, -0.05) is 11.6 Å². The minimum Gasteiger partial charge on any atom is -0.469 e. The molecule has 0 heterocycles. The number of hydrogen-bond acceptors (Lipinski definition) is 3. The highest BCUT2D eigenvalue weighted by Gasteiger charge is 2.47. The minimum absolute atomic E-state index is 0.0912. The van der Waals surface area contributed by atoms with Crippen molar-refractivity contribution in [3.8, 4) is 6.07 Å². The van der Waals surface area contributed by atoms with Crippen LogP contribution in [0.25, 0.3) is 0 Å². The van der Waals surface area contributed by atoms with Crippen LogP contribution in [0, 0.1) is 40.8 Å². The Bertz CT molecular complexity index is 662. The Hall–Kier alpha value is -1.60. The third-order valence-corrected chi connectivity index (χ3v) is 5.89. The van der Waals surface area contributed by atoms with Crippen molar-refractivity contribution in [2.75, 3.05) is 7.11 Å². The molecule has 3 aliphatic rings. The minimum atomic E-state index is -0.420. The van der Waals surface area contributed by atoms with Gasteiger partial charge >= 0.3 is 5.97 Å². The van der Waals surface area contributed by atoms with Crippen LogP contribution >= 0.6 is 11.6 Å². The average Bonchev–Trinajstić information content (AvgIpc) is 2.58. The molecule has 0 aliphatic heterocycles. The Balaban J connectivity index is 1.90. The number of hydrogen-bond donors (Lipinski definition) is 0. The van der Waals surface area contributed by atoms with Crippen LogP contribution in [-0.2, 0) is 16.0 Å². The molecule has 4 rings (SSSR count). The van der Waals surface area contributed by atoms with E-state index in [0.29, 0.717) is 23.8 Å². The summed E-state index contributed by atoms with van der Waals surface area (Å²) >= 11 is 6.04. The first kappa shape index (κ1) is 16.3. The first-order valence-corrected chi connectivity index (χ1v) is 8.38. The summed E-state index contributed by atoms with van der Waals surface area (Å²) in [4.78, 5) is 12.2. The summed E-state index contributed by atoms with van der Waals surface area (Å²) in [5, 5.41) is 9.19.